The van der Waals surface area contributed by atoms with Gasteiger partial charge < -0.3 is 5.32 Å². The molecule has 0 aliphatic carbocycles. The van der Waals surface area contributed by atoms with E-state index < -0.39 is 11.7 Å². The lowest BCUT2D eigenvalue weighted by Gasteiger charge is -2.04. The van der Waals surface area contributed by atoms with Crippen LogP contribution in [0.15, 0.2) is 71.3 Å². The minimum Gasteiger partial charge on any atom is -0.362 e. The van der Waals surface area contributed by atoms with E-state index in [0.717, 1.165) is 45.6 Å². The number of nitrogens with one attached hydrogen (secondary N) is 2. The number of hydrogen-bond donors (Lipinski definition) is 2. The SMILES string of the molecule is C=C(/C=C\C(=C/C)CC)C(F)(F)F.CCNc1ncc(-c2ccc3cn[nH]c(=O)c3c2)s1. The third kappa shape index (κ3) is 6.91. The lowest BCUT2D eigenvalue weighted by molar-refractivity contribution is -0.0878. The Balaban J connectivity index is 0.000000247. The molecule has 0 saturated heterocycles. The van der Waals surface area contributed by atoms with Crippen molar-refractivity contribution in [1.29, 1.82) is 0 Å². The zero-order valence-electron chi connectivity index (χ0n) is 18.1. The highest BCUT2D eigenvalue weighted by Gasteiger charge is 2.29. The second kappa shape index (κ2) is 11.4. The molecule has 0 saturated carbocycles. The number of allylic oxidation sites excluding steroid dienone is 5. The quantitative estimate of drug-likeness (QED) is 0.411. The van der Waals surface area contributed by atoms with Crippen LogP contribution in [0.5, 0.6) is 0 Å². The van der Waals surface area contributed by atoms with Crippen LogP contribution in [0.25, 0.3) is 21.2 Å². The fourth-order valence-corrected chi connectivity index (χ4v) is 3.48. The van der Waals surface area contributed by atoms with E-state index in [1.54, 1.807) is 30.5 Å². The van der Waals surface area contributed by atoms with Crippen molar-refractivity contribution in [3.8, 4) is 10.4 Å². The van der Waals surface area contributed by atoms with Crippen LogP contribution in [0.2, 0.25) is 0 Å². The van der Waals surface area contributed by atoms with Gasteiger partial charge in [-0.15, -0.1) is 0 Å². The number of aromatic amines is 1. The highest BCUT2D eigenvalue weighted by atomic mass is 32.1. The van der Waals surface area contributed by atoms with Gasteiger partial charge in [-0.3, -0.25) is 4.79 Å². The van der Waals surface area contributed by atoms with Crippen molar-refractivity contribution in [3.05, 3.63) is 76.9 Å². The second-order valence-corrected chi connectivity index (χ2v) is 7.67. The fourth-order valence-electron chi connectivity index (χ4n) is 2.60. The number of hydrogen-bond acceptors (Lipinski definition) is 5. The molecule has 0 unspecified atom stereocenters. The number of benzene rings is 1. The first-order valence-corrected chi connectivity index (χ1v) is 10.8. The van der Waals surface area contributed by atoms with Gasteiger partial charge in [-0.05, 0) is 31.9 Å². The van der Waals surface area contributed by atoms with Crippen LogP contribution in [-0.4, -0.2) is 27.9 Å². The number of halogens is 3. The summed E-state index contributed by atoms with van der Waals surface area (Å²) >= 11 is 1.57. The highest BCUT2D eigenvalue weighted by Crippen LogP contribution is 2.30. The van der Waals surface area contributed by atoms with Crippen molar-refractivity contribution < 1.29 is 13.2 Å². The Bertz CT molecular complexity index is 1180. The summed E-state index contributed by atoms with van der Waals surface area (Å²) in [6.07, 6.45) is 4.09. The number of aromatic nitrogens is 3. The fraction of sp³-hybridized carbons (Fsp3) is 0.261. The standard InChI is InChI=1S/C13H12N4OS.C10H13F3/c1-2-14-13-15-7-11(19-13)8-3-4-9-6-16-17-12(18)10(9)5-8;1-4-9(5-2)7-6-8(3)10(11,12)13/h3-7H,2H2,1H3,(H,14,15)(H,17,18);4,6-7H,3,5H2,1-2H3/b;7-6-,9-4-. The maximum atomic E-state index is 11.9. The van der Waals surface area contributed by atoms with E-state index in [-0.39, 0.29) is 5.56 Å². The molecular weight excluding hydrogens is 437 g/mol. The van der Waals surface area contributed by atoms with Gasteiger partial charge >= 0.3 is 6.18 Å². The van der Waals surface area contributed by atoms with Gasteiger partial charge in [-0.25, -0.2) is 10.1 Å². The van der Waals surface area contributed by atoms with E-state index in [1.165, 1.54) is 6.08 Å². The van der Waals surface area contributed by atoms with E-state index >= 15 is 0 Å². The molecule has 0 atom stereocenters. The Hall–Kier alpha value is -3.20. The molecule has 9 heteroatoms. The first kappa shape index (κ1) is 25.1. The summed E-state index contributed by atoms with van der Waals surface area (Å²) < 4.78 is 35.8. The van der Waals surface area contributed by atoms with Gasteiger partial charge in [0.2, 0.25) is 0 Å². The van der Waals surface area contributed by atoms with Gasteiger partial charge in [0.25, 0.3) is 5.56 Å². The smallest absolute Gasteiger partial charge is 0.362 e. The monoisotopic (exact) mass is 462 g/mol. The topological polar surface area (TPSA) is 70.7 Å². The highest BCUT2D eigenvalue weighted by molar-refractivity contribution is 7.18. The molecule has 0 radical (unpaired) electrons. The number of nitrogens with zero attached hydrogens (tertiary/aromatic N) is 2. The molecule has 3 rings (SSSR count). The van der Waals surface area contributed by atoms with Crippen LogP contribution >= 0.6 is 11.3 Å². The van der Waals surface area contributed by atoms with Crippen LogP contribution in [0.4, 0.5) is 18.3 Å². The lowest BCUT2D eigenvalue weighted by Crippen LogP contribution is -2.08. The predicted octanol–water partition coefficient (Wildman–Crippen LogP) is 6.50. The Labute approximate surface area is 188 Å². The predicted molar refractivity (Wildman–Crippen MR) is 126 cm³/mol. The maximum absolute atomic E-state index is 11.9. The molecule has 3 aromatic rings. The number of anilines is 1. The van der Waals surface area contributed by atoms with Crippen molar-refractivity contribution in [3.63, 3.8) is 0 Å². The second-order valence-electron chi connectivity index (χ2n) is 6.63. The van der Waals surface area contributed by atoms with Crippen LogP contribution in [0.1, 0.15) is 27.2 Å². The molecule has 0 amide bonds. The van der Waals surface area contributed by atoms with Crippen molar-refractivity contribution >= 4 is 27.2 Å². The summed E-state index contributed by atoms with van der Waals surface area (Å²) in [4.78, 5) is 17.1. The van der Waals surface area contributed by atoms with Crippen molar-refractivity contribution in [2.24, 2.45) is 0 Å². The molecule has 2 heterocycles. The Morgan fingerprint density at radius 2 is 2.00 bits per heavy atom. The van der Waals surface area contributed by atoms with Crippen LogP contribution in [-0.2, 0) is 0 Å². The third-order valence-electron chi connectivity index (χ3n) is 4.43. The molecule has 0 aliphatic heterocycles. The molecule has 0 aliphatic rings. The van der Waals surface area contributed by atoms with Gasteiger partial charge in [-0.1, -0.05) is 60.8 Å². The third-order valence-corrected chi connectivity index (χ3v) is 5.43. The molecule has 0 fully saturated rings. The number of alkyl halides is 3. The largest absolute Gasteiger partial charge is 0.415 e. The van der Waals surface area contributed by atoms with Crippen LogP contribution in [0.3, 0.4) is 0 Å². The van der Waals surface area contributed by atoms with E-state index in [4.69, 9.17) is 0 Å². The average Bonchev–Trinajstić information content (AvgIpc) is 3.23. The van der Waals surface area contributed by atoms with Crippen molar-refractivity contribution in [1.82, 2.24) is 15.2 Å². The van der Waals surface area contributed by atoms with Gasteiger partial charge in [0.05, 0.1) is 16.5 Å². The lowest BCUT2D eigenvalue weighted by atomic mass is 10.1. The van der Waals surface area contributed by atoms with Crippen molar-refractivity contribution in [2.45, 2.75) is 33.4 Å². The normalized spacial score (nSPS) is 12.0. The molecule has 32 heavy (non-hydrogen) atoms. The first-order chi connectivity index (χ1) is 15.2. The summed E-state index contributed by atoms with van der Waals surface area (Å²) in [7, 11) is 0. The van der Waals surface area contributed by atoms with E-state index in [0.29, 0.717) is 5.39 Å². The molecule has 0 spiro atoms. The minimum absolute atomic E-state index is 0.171. The zero-order valence-corrected chi connectivity index (χ0v) is 18.9. The number of thiazole rings is 1. The van der Waals surface area contributed by atoms with Crippen molar-refractivity contribution in [2.75, 3.05) is 11.9 Å². The molecule has 0 bridgehead atoms. The van der Waals surface area contributed by atoms with E-state index in [9.17, 15) is 18.0 Å². The van der Waals surface area contributed by atoms with Gasteiger partial charge in [-0.2, -0.15) is 18.3 Å². The summed E-state index contributed by atoms with van der Waals surface area (Å²) in [5, 5.41) is 11.8. The molecule has 170 valence electrons. The summed E-state index contributed by atoms with van der Waals surface area (Å²) in [5.41, 5.74) is 0.868. The van der Waals surface area contributed by atoms with Crippen LogP contribution < -0.4 is 10.9 Å². The summed E-state index contributed by atoms with van der Waals surface area (Å²) in [6.45, 7) is 9.48. The van der Waals surface area contributed by atoms with Gasteiger partial charge in [0.1, 0.15) is 0 Å². The number of H-pyrrole nitrogens is 1. The average molecular weight is 463 g/mol. The Kier molecular flexibility index (Phi) is 8.95. The number of fused-ring (bicyclic) bond motifs is 1. The first-order valence-electron chi connectivity index (χ1n) is 9.96. The Morgan fingerprint density at radius 3 is 2.62 bits per heavy atom. The molecular formula is C23H25F3N4OS. The van der Waals surface area contributed by atoms with Gasteiger partial charge in [0, 0.05) is 23.7 Å². The van der Waals surface area contributed by atoms with E-state index in [1.807, 2.05) is 38.2 Å². The van der Waals surface area contributed by atoms with E-state index in [2.05, 4.69) is 27.1 Å². The summed E-state index contributed by atoms with van der Waals surface area (Å²) in [6, 6.07) is 5.76. The number of rotatable bonds is 6. The molecule has 1 aromatic carbocycles. The molecule has 5 nitrogen and oxygen atoms in total. The molecule has 2 aromatic heterocycles. The Morgan fingerprint density at radius 1 is 1.25 bits per heavy atom. The zero-order chi connectivity index (χ0) is 23.7. The maximum Gasteiger partial charge on any atom is 0.415 e. The minimum atomic E-state index is -4.32. The molecule has 2 N–H and O–H groups in total. The van der Waals surface area contributed by atoms with Gasteiger partial charge in [0.15, 0.2) is 5.13 Å². The summed E-state index contributed by atoms with van der Waals surface area (Å²) in [5.74, 6) is 0. The van der Waals surface area contributed by atoms with Crippen LogP contribution in [0, 0.1) is 0 Å².